The van der Waals surface area contributed by atoms with Crippen molar-refractivity contribution in [2.24, 2.45) is 5.73 Å². The summed E-state index contributed by atoms with van der Waals surface area (Å²) in [5.74, 6) is -0.714. The van der Waals surface area contributed by atoms with E-state index in [1.54, 1.807) is 19.1 Å². The fourth-order valence-corrected chi connectivity index (χ4v) is 3.64. The maximum absolute atomic E-state index is 12.8. The van der Waals surface area contributed by atoms with Gasteiger partial charge < -0.3 is 31.1 Å². The first kappa shape index (κ1) is 23.0. The summed E-state index contributed by atoms with van der Waals surface area (Å²) in [6.45, 7) is 6.69. The third kappa shape index (κ3) is 5.20. The van der Waals surface area contributed by atoms with Crippen LogP contribution in [0.1, 0.15) is 29.8 Å². The molecule has 0 bridgehead atoms. The lowest BCUT2D eigenvalue weighted by molar-refractivity contribution is -0.117. The van der Waals surface area contributed by atoms with Crippen molar-refractivity contribution in [3.63, 3.8) is 0 Å². The van der Waals surface area contributed by atoms with Crippen molar-refractivity contribution in [3.8, 4) is 0 Å². The number of likely N-dealkylation sites (N-methyl/N-ethyl adjacent to an activating group) is 2. The highest BCUT2D eigenvalue weighted by molar-refractivity contribution is 6.31. The van der Waals surface area contributed by atoms with E-state index in [4.69, 9.17) is 22.1 Å². The largest absolute Gasteiger partial charge is 0.402 e. The molecule has 1 heterocycles. The Morgan fingerprint density at radius 3 is 2.59 bits per heavy atom. The second-order valence-corrected chi connectivity index (χ2v) is 7.42. The quantitative estimate of drug-likeness (QED) is 0.484. The number of ether oxygens (including phenoxy) is 1. The van der Waals surface area contributed by atoms with E-state index in [0.29, 0.717) is 35.0 Å². The van der Waals surface area contributed by atoms with Gasteiger partial charge >= 0.3 is 0 Å². The fraction of sp³-hybridized carbons (Fsp3) is 0.500. The molecular formula is C20H29ClN4O4. The molecular weight excluding hydrogens is 396 g/mol. The summed E-state index contributed by atoms with van der Waals surface area (Å²) >= 11 is 6.30. The van der Waals surface area contributed by atoms with E-state index < -0.39 is 6.10 Å². The van der Waals surface area contributed by atoms with Gasteiger partial charge in [-0.05, 0) is 38.5 Å². The predicted octanol–water partition coefficient (Wildman–Crippen LogP) is 0.943. The highest BCUT2D eigenvalue weighted by Gasteiger charge is 2.32. The monoisotopic (exact) mass is 424 g/mol. The second-order valence-electron chi connectivity index (χ2n) is 6.98. The second kappa shape index (κ2) is 9.96. The van der Waals surface area contributed by atoms with Crippen LogP contribution in [-0.2, 0) is 9.53 Å². The molecule has 1 saturated heterocycles. The molecule has 1 aromatic carbocycles. The molecule has 2 atom stereocenters. The van der Waals surface area contributed by atoms with Crippen LogP contribution in [0.25, 0.3) is 0 Å². The molecule has 0 spiro atoms. The smallest absolute Gasteiger partial charge is 0.251 e. The molecule has 1 fully saturated rings. The van der Waals surface area contributed by atoms with Crippen molar-refractivity contribution in [1.29, 1.82) is 0 Å². The van der Waals surface area contributed by atoms with Crippen LogP contribution >= 0.6 is 11.6 Å². The summed E-state index contributed by atoms with van der Waals surface area (Å²) in [7, 11) is 1.50. The Morgan fingerprint density at radius 1 is 1.38 bits per heavy atom. The maximum Gasteiger partial charge on any atom is 0.251 e. The molecule has 2 amide bonds. The fourth-order valence-electron chi connectivity index (χ4n) is 3.43. The average molecular weight is 425 g/mol. The van der Waals surface area contributed by atoms with Gasteiger partial charge in [0.05, 0.1) is 37.5 Å². The first-order valence-electron chi connectivity index (χ1n) is 9.49. The lowest BCUT2D eigenvalue weighted by Gasteiger charge is -2.33. The number of benzene rings is 1. The first-order chi connectivity index (χ1) is 13.7. The normalized spacial score (nSPS) is 19.5. The molecule has 29 heavy (non-hydrogen) atoms. The van der Waals surface area contributed by atoms with E-state index in [2.05, 4.69) is 10.6 Å². The van der Waals surface area contributed by atoms with Crippen LogP contribution in [0.15, 0.2) is 23.4 Å². The van der Waals surface area contributed by atoms with Crippen LogP contribution in [0.5, 0.6) is 0 Å². The van der Waals surface area contributed by atoms with Gasteiger partial charge in [-0.2, -0.15) is 0 Å². The molecule has 1 aliphatic rings. The van der Waals surface area contributed by atoms with Gasteiger partial charge in [0.15, 0.2) is 0 Å². The van der Waals surface area contributed by atoms with Gasteiger partial charge in [0, 0.05) is 35.6 Å². The molecule has 1 aliphatic heterocycles. The number of nitrogens with one attached hydrogen (secondary N) is 2. The number of rotatable bonds is 7. The molecule has 8 nitrogen and oxygen atoms in total. The SMILES string of the molecule is CCN(c1cc(Cl)cc(C(=O)NC/C(C(=O)NC)=C(\C)N)c1C)[C@@H]1COC[C@H]1O. The summed E-state index contributed by atoms with van der Waals surface area (Å²) in [6, 6.07) is 3.15. The van der Waals surface area contributed by atoms with Crippen LogP contribution in [0.2, 0.25) is 5.02 Å². The van der Waals surface area contributed by atoms with E-state index in [9.17, 15) is 14.7 Å². The molecule has 0 radical (unpaired) electrons. The Bertz CT molecular complexity index is 808. The van der Waals surface area contributed by atoms with Gasteiger partial charge in [0.2, 0.25) is 5.91 Å². The van der Waals surface area contributed by atoms with Crippen molar-refractivity contribution in [3.05, 3.63) is 39.6 Å². The molecule has 0 aliphatic carbocycles. The Labute approximate surface area is 176 Å². The summed E-state index contributed by atoms with van der Waals surface area (Å²) in [4.78, 5) is 26.8. The number of allylic oxidation sites excluding steroid dienone is 1. The third-order valence-electron chi connectivity index (χ3n) is 5.06. The average Bonchev–Trinajstić information content (AvgIpc) is 3.10. The zero-order valence-corrected chi connectivity index (χ0v) is 18.0. The molecule has 9 heteroatoms. The third-order valence-corrected chi connectivity index (χ3v) is 5.28. The van der Waals surface area contributed by atoms with Gasteiger partial charge in [0.1, 0.15) is 0 Å². The summed E-state index contributed by atoms with van der Waals surface area (Å²) < 4.78 is 5.38. The lowest BCUT2D eigenvalue weighted by atomic mass is 10.0. The summed E-state index contributed by atoms with van der Waals surface area (Å²) in [5.41, 5.74) is 8.27. The number of carbonyl (C=O) groups excluding carboxylic acids is 2. The lowest BCUT2D eigenvalue weighted by Crippen LogP contribution is -2.43. The van der Waals surface area contributed by atoms with Gasteiger partial charge in [-0.25, -0.2) is 0 Å². The van der Waals surface area contributed by atoms with Gasteiger partial charge in [0.25, 0.3) is 5.91 Å². The first-order valence-corrected chi connectivity index (χ1v) is 9.87. The number of amides is 2. The number of carbonyl (C=O) groups is 2. The highest BCUT2D eigenvalue weighted by Crippen LogP contribution is 2.31. The van der Waals surface area contributed by atoms with Crippen molar-refractivity contribution in [2.45, 2.75) is 32.9 Å². The molecule has 1 aromatic rings. The van der Waals surface area contributed by atoms with Gasteiger partial charge in [-0.1, -0.05) is 11.6 Å². The minimum Gasteiger partial charge on any atom is -0.402 e. The Kier molecular flexibility index (Phi) is 7.89. The number of nitrogens with zero attached hydrogens (tertiary/aromatic N) is 1. The zero-order valence-electron chi connectivity index (χ0n) is 17.2. The summed E-state index contributed by atoms with van der Waals surface area (Å²) in [6.07, 6.45) is -0.613. The minimum atomic E-state index is -0.613. The van der Waals surface area contributed by atoms with Crippen LogP contribution in [0.4, 0.5) is 5.69 Å². The van der Waals surface area contributed by atoms with Crippen molar-refractivity contribution in [2.75, 3.05) is 38.3 Å². The number of halogens is 1. The van der Waals surface area contributed by atoms with E-state index in [1.807, 2.05) is 18.7 Å². The van der Waals surface area contributed by atoms with Crippen LogP contribution in [0, 0.1) is 6.92 Å². The topological polar surface area (TPSA) is 117 Å². The van der Waals surface area contributed by atoms with Crippen molar-refractivity contribution in [1.82, 2.24) is 10.6 Å². The molecule has 0 aromatic heterocycles. The predicted molar refractivity (Wildman–Crippen MR) is 113 cm³/mol. The van der Waals surface area contributed by atoms with Crippen molar-refractivity contribution >= 4 is 29.1 Å². The van der Waals surface area contributed by atoms with E-state index in [-0.39, 0.29) is 31.0 Å². The zero-order chi connectivity index (χ0) is 21.7. The van der Waals surface area contributed by atoms with Crippen LogP contribution in [0.3, 0.4) is 0 Å². The molecule has 0 saturated carbocycles. The molecule has 160 valence electrons. The van der Waals surface area contributed by atoms with E-state index >= 15 is 0 Å². The Balaban J connectivity index is 2.31. The number of aliphatic hydroxyl groups excluding tert-OH is 1. The van der Waals surface area contributed by atoms with E-state index in [0.717, 1.165) is 11.3 Å². The number of anilines is 1. The van der Waals surface area contributed by atoms with Gasteiger partial charge in [-0.3, -0.25) is 9.59 Å². The standard InChI is InChI=1S/C20H29ClN4O4/c1-5-25(17-9-29-10-18(17)26)16-7-13(21)6-14(11(16)2)20(28)24-8-15(12(3)22)19(27)23-4/h6-7,17-18,26H,5,8-10,22H2,1-4H3,(H,23,27)(H,24,28)/b15-12-/t17-,18-/m1/s1. The molecule has 0 unspecified atom stereocenters. The number of hydrogen-bond acceptors (Lipinski definition) is 6. The maximum atomic E-state index is 12.8. The highest BCUT2D eigenvalue weighted by atomic mass is 35.5. The van der Waals surface area contributed by atoms with E-state index in [1.165, 1.54) is 7.05 Å². The number of aliphatic hydroxyl groups is 1. The minimum absolute atomic E-state index is 0.00516. The van der Waals surface area contributed by atoms with Gasteiger partial charge in [-0.15, -0.1) is 0 Å². The van der Waals surface area contributed by atoms with Crippen molar-refractivity contribution < 1.29 is 19.4 Å². The number of hydrogen-bond donors (Lipinski definition) is 4. The Hall–Kier alpha value is -2.29. The Morgan fingerprint density at radius 2 is 2.07 bits per heavy atom. The van der Waals surface area contributed by atoms with Crippen LogP contribution < -0.4 is 21.3 Å². The number of nitrogens with two attached hydrogens (primary N) is 1. The molecule has 2 rings (SSSR count). The summed E-state index contributed by atoms with van der Waals surface area (Å²) in [5, 5.41) is 15.9. The molecule has 5 N–H and O–H groups in total. The van der Waals surface area contributed by atoms with Crippen LogP contribution in [-0.4, -0.2) is 62.4 Å².